The first-order valence-electron chi connectivity index (χ1n) is 9.95. The van der Waals surface area contributed by atoms with E-state index in [1.807, 2.05) is 20.8 Å². The van der Waals surface area contributed by atoms with Crippen LogP contribution in [-0.2, 0) is 19.6 Å². The quantitative estimate of drug-likeness (QED) is 0.621. The van der Waals surface area contributed by atoms with E-state index >= 15 is 0 Å². The summed E-state index contributed by atoms with van der Waals surface area (Å²) < 4.78 is 32.5. The van der Waals surface area contributed by atoms with Crippen molar-refractivity contribution in [2.45, 2.75) is 57.4 Å². The fourth-order valence-corrected chi connectivity index (χ4v) is 5.41. The van der Waals surface area contributed by atoms with E-state index < -0.39 is 28.5 Å². The summed E-state index contributed by atoms with van der Waals surface area (Å²) in [7, 11) is -3.82. The first kappa shape index (κ1) is 23.6. The van der Waals surface area contributed by atoms with Crippen LogP contribution in [0.2, 0.25) is 5.02 Å². The van der Waals surface area contributed by atoms with Gasteiger partial charge in [0.1, 0.15) is 4.90 Å². The summed E-state index contributed by atoms with van der Waals surface area (Å²) in [6.07, 6.45) is 3.32. The summed E-state index contributed by atoms with van der Waals surface area (Å²) >= 11 is 6.14. The second-order valence-corrected chi connectivity index (χ2v) is 9.73. The molecule has 0 saturated carbocycles. The molecule has 1 heterocycles. The van der Waals surface area contributed by atoms with Gasteiger partial charge in [0.15, 0.2) is 6.61 Å². The first-order chi connectivity index (χ1) is 13.7. The number of ether oxygens (including phenoxy) is 1. The number of nitrogens with one attached hydrogen (secondary N) is 1. The number of esters is 1. The van der Waals surface area contributed by atoms with E-state index in [0.717, 1.165) is 25.7 Å². The first-order valence-corrected chi connectivity index (χ1v) is 11.8. The smallest absolute Gasteiger partial charge is 0.338 e. The molecule has 0 bridgehead atoms. The van der Waals surface area contributed by atoms with Crippen LogP contribution in [-0.4, -0.2) is 50.3 Å². The molecule has 1 unspecified atom stereocenters. The highest BCUT2D eigenvalue weighted by Gasteiger charge is 2.31. The Morgan fingerprint density at radius 1 is 1.31 bits per heavy atom. The number of carbonyl (C=O) groups excluding carboxylic acids is 2. The van der Waals surface area contributed by atoms with E-state index in [-0.39, 0.29) is 27.4 Å². The van der Waals surface area contributed by atoms with Crippen molar-refractivity contribution in [3.8, 4) is 0 Å². The van der Waals surface area contributed by atoms with E-state index in [1.165, 1.54) is 22.5 Å². The summed E-state index contributed by atoms with van der Waals surface area (Å²) in [6, 6.07) is 4.00. The predicted molar refractivity (Wildman–Crippen MR) is 111 cm³/mol. The molecular weight excluding hydrogens is 416 g/mol. The summed E-state index contributed by atoms with van der Waals surface area (Å²) in [5.74, 6) is -0.903. The highest BCUT2D eigenvalue weighted by atomic mass is 35.5. The van der Waals surface area contributed by atoms with Gasteiger partial charge in [-0.1, -0.05) is 32.4 Å². The Morgan fingerprint density at radius 2 is 2.00 bits per heavy atom. The fourth-order valence-electron chi connectivity index (χ4n) is 3.31. The minimum atomic E-state index is -3.82. The lowest BCUT2D eigenvalue weighted by atomic mass is 10.0. The van der Waals surface area contributed by atoms with Crippen LogP contribution in [0.25, 0.3) is 0 Å². The second kappa shape index (κ2) is 10.4. The zero-order valence-corrected chi connectivity index (χ0v) is 18.7. The van der Waals surface area contributed by atoms with E-state index in [1.54, 1.807) is 0 Å². The molecule has 1 aliphatic heterocycles. The topological polar surface area (TPSA) is 92.8 Å². The van der Waals surface area contributed by atoms with Gasteiger partial charge in [-0.15, -0.1) is 0 Å². The monoisotopic (exact) mass is 444 g/mol. The van der Waals surface area contributed by atoms with Crippen molar-refractivity contribution in [2.24, 2.45) is 5.92 Å². The average Bonchev–Trinajstić information content (AvgIpc) is 2.70. The predicted octanol–water partition coefficient (Wildman–Crippen LogP) is 3.22. The van der Waals surface area contributed by atoms with Gasteiger partial charge in [0.25, 0.3) is 5.91 Å². The number of halogens is 1. The molecule has 0 aromatic heterocycles. The molecule has 1 amide bonds. The van der Waals surface area contributed by atoms with Gasteiger partial charge in [-0.05, 0) is 49.8 Å². The van der Waals surface area contributed by atoms with Gasteiger partial charge in [-0.2, -0.15) is 4.31 Å². The zero-order chi connectivity index (χ0) is 21.6. The number of rotatable bonds is 8. The number of piperidine rings is 1. The summed E-state index contributed by atoms with van der Waals surface area (Å²) in [4.78, 5) is 24.1. The number of carbonyl (C=O) groups is 2. The minimum Gasteiger partial charge on any atom is -0.452 e. The third-order valence-electron chi connectivity index (χ3n) is 5.09. The van der Waals surface area contributed by atoms with Gasteiger partial charge < -0.3 is 10.1 Å². The van der Waals surface area contributed by atoms with Crippen molar-refractivity contribution in [1.29, 1.82) is 0 Å². The summed E-state index contributed by atoms with van der Waals surface area (Å²) in [6.45, 7) is 6.34. The molecular formula is C20H29ClN2O5S. The lowest BCUT2D eigenvalue weighted by Crippen LogP contribution is -2.39. The van der Waals surface area contributed by atoms with Crippen LogP contribution in [0, 0.1) is 5.92 Å². The highest BCUT2D eigenvalue weighted by Crippen LogP contribution is 2.29. The molecule has 9 heteroatoms. The number of sulfonamides is 1. The van der Waals surface area contributed by atoms with Gasteiger partial charge in [0.2, 0.25) is 10.0 Å². The molecule has 1 aromatic carbocycles. The van der Waals surface area contributed by atoms with Crippen LogP contribution in [0.4, 0.5) is 0 Å². The van der Waals surface area contributed by atoms with Crippen LogP contribution in [0.15, 0.2) is 23.1 Å². The van der Waals surface area contributed by atoms with Crippen LogP contribution in [0.3, 0.4) is 0 Å². The van der Waals surface area contributed by atoms with Crippen molar-refractivity contribution >= 4 is 33.5 Å². The van der Waals surface area contributed by atoms with Gasteiger partial charge in [0.05, 0.1) is 10.6 Å². The van der Waals surface area contributed by atoms with Crippen LogP contribution < -0.4 is 5.32 Å². The standard InChI is InChI=1S/C20H29ClN2O5S/c1-4-16(5-2)22-19(24)13-28-20(25)15-8-9-17(21)18(11-15)29(26,27)23-10-6-7-14(3)12-23/h8-9,11,14,16H,4-7,10,12-13H2,1-3H3,(H,22,24). The third kappa shape index (κ3) is 6.17. The molecule has 1 atom stereocenters. The number of nitrogens with zero attached hydrogens (tertiary/aromatic N) is 1. The highest BCUT2D eigenvalue weighted by molar-refractivity contribution is 7.89. The van der Waals surface area contributed by atoms with E-state index in [9.17, 15) is 18.0 Å². The Morgan fingerprint density at radius 3 is 2.62 bits per heavy atom. The molecule has 1 N–H and O–H groups in total. The Kier molecular flexibility index (Phi) is 8.48. The number of hydrogen-bond donors (Lipinski definition) is 1. The molecule has 1 aliphatic rings. The molecule has 1 fully saturated rings. The maximum Gasteiger partial charge on any atom is 0.338 e. The Labute approximate surface area is 177 Å². The van der Waals surface area contributed by atoms with Crippen LogP contribution in [0.5, 0.6) is 0 Å². The molecule has 1 saturated heterocycles. The molecule has 0 spiro atoms. The molecule has 29 heavy (non-hydrogen) atoms. The Balaban J connectivity index is 2.11. The Hall–Kier alpha value is -1.64. The van der Waals surface area contributed by atoms with Gasteiger partial charge >= 0.3 is 5.97 Å². The van der Waals surface area contributed by atoms with Crippen molar-refractivity contribution in [1.82, 2.24) is 9.62 Å². The molecule has 0 radical (unpaired) electrons. The van der Waals surface area contributed by atoms with Crippen LogP contribution >= 0.6 is 11.6 Å². The molecule has 7 nitrogen and oxygen atoms in total. The lowest BCUT2D eigenvalue weighted by Gasteiger charge is -2.30. The second-order valence-electron chi connectivity index (χ2n) is 7.41. The lowest BCUT2D eigenvalue weighted by molar-refractivity contribution is -0.125. The normalized spacial score (nSPS) is 17.9. The van der Waals surface area contributed by atoms with Gasteiger partial charge in [-0.25, -0.2) is 13.2 Å². The number of hydrogen-bond acceptors (Lipinski definition) is 5. The van der Waals surface area contributed by atoms with E-state index in [0.29, 0.717) is 13.1 Å². The van der Waals surface area contributed by atoms with Crippen LogP contribution in [0.1, 0.15) is 56.8 Å². The van der Waals surface area contributed by atoms with Crippen molar-refractivity contribution in [3.05, 3.63) is 28.8 Å². The maximum absolute atomic E-state index is 13.0. The third-order valence-corrected chi connectivity index (χ3v) is 7.44. The maximum atomic E-state index is 13.0. The SMILES string of the molecule is CCC(CC)NC(=O)COC(=O)c1ccc(Cl)c(S(=O)(=O)N2CCCC(C)C2)c1. The van der Waals surface area contributed by atoms with Crippen molar-refractivity contribution in [3.63, 3.8) is 0 Å². The molecule has 0 aliphatic carbocycles. The van der Waals surface area contributed by atoms with E-state index in [2.05, 4.69) is 5.32 Å². The van der Waals surface area contributed by atoms with E-state index in [4.69, 9.17) is 16.3 Å². The van der Waals surface area contributed by atoms with Crippen molar-refractivity contribution in [2.75, 3.05) is 19.7 Å². The fraction of sp³-hybridized carbons (Fsp3) is 0.600. The number of benzene rings is 1. The zero-order valence-electron chi connectivity index (χ0n) is 17.1. The van der Waals surface area contributed by atoms with Crippen molar-refractivity contribution < 1.29 is 22.7 Å². The summed E-state index contributed by atoms with van der Waals surface area (Å²) in [5, 5.41) is 2.82. The molecule has 2 rings (SSSR count). The molecule has 162 valence electrons. The molecule has 1 aromatic rings. The van der Waals surface area contributed by atoms with Gasteiger partial charge in [-0.3, -0.25) is 4.79 Å². The minimum absolute atomic E-state index is 0.0282. The summed E-state index contributed by atoms with van der Waals surface area (Å²) in [5.41, 5.74) is 0.0355. The number of amides is 1. The Bertz CT molecular complexity index is 839. The largest absolute Gasteiger partial charge is 0.452 e. The average molecular weight is 445 g/mol. The van der Waals surface area contributed by atoms with Gasteiger partial charge in [0, 0.05) is 19.1 Å².